The lowest BCUT2D eigenvalue weighted by Gasteiger charge is -2.20. The van der Waals surface area contributed by atoms with E-state index < -0.39 is 34.5 Å². The fourth-order valence-electron chi connectivity index (χ4n) is 4.13. The molecule has 0 bridgehead atoms. The molecule has 10 nitrogen and oxygen atoms in total. The van der Waals surface area contributed by atoms with Gasteiger partial charge in [-0.05, 0) is 40.2 Å². The average molecular weight is 587 g/mol. The number of methoxy groups -OCH3 is 1. The normalized spacial score (nSPS) is 23.9. The Labute approximate surface area is 215 Å². The van der Waals surface area contributed by atoms with Gasteiger partial charge in [-0.3, -0.25) is 4.18 Å². The summed E-state index contributed by atoms with van der Waals surface area (Å²) in [6, 6.07) is 9.03. The Morgan fingerprint density at radius 2 is 1.83 bits per heavy atom. The van der Waals surface area contributed by atoms with Crippen LogP contribution in [0, 0.1) is 0 Å². The van der Waals surface area contributed by atoms with Crippen molar-refractivity contribution in [3.63, 3.8) is 0 Å². The van der Waals surface area contributed by atoms with Gasteiger partial charge in [-0.2, -0.15) is 8.42 Å². The Hall–Kier alpha value is -2.22. The highest BCUT2D eigenvalue weighted by atomic mass is 79.9. The summed E-state index contributed by atoms with van der Waals surface area (Å²) in [6.45, 7) is 0.306. The van der Waals surface area contributed by atoms with Crippen LogP contribution in [-0.2, 0) is 23.8 Å². The minimum absolute atomic E-state index is 0.0967. The summed E-state index contributed by atoms with van der Waals surface area (Å²) in [5.41, 5.74) is 1.39. The topological polar surface area (TPSA) is 118 Å². The Morgan fingerprint density at radius 1 is 1.09 bits per heavy atom. The van der Waals surface area contributed by atoms with E-state index in [0.29, 0.717) is 27.9 Å². The number of rotatable bonds is 7. The van der Waals surface area contributed by atoms with Gasteiger partial charge in [0.15, 0.2) is 17.6 Å². The van der Waals surface area contributed by atoms with Crippen LogP contribution in [0.15, 0.2) is 41.1 Å². The molecule has 0 aliphatic carbocycles. The first kappa shape index (κ1) is 24.5. The number of fused-ring (bicyclic) bond motifs is 2. The number of ether oxygens (including phenoxy) is 4. The smallest absolute Gasteiger partial charge is 0.264 e. The second-order valence-electron chi connectivity index (χ2n) is 8.09. The minimum atomic E-state index is -3.64. The Balaban J connectivity index is 1.39. The third-order valence-corrected chi connectivity index (χ3v) is 7.47. The van der Waals surface area contributed by atoms with Crippen molar-refractivity contribution in [2.24, 2.45) is 0 Å². The first-order valence-electron chi connectivity index (χ1n) is 10.5. The minimum Gasteiger partial charge on any atom is -0.493 e. The molecule has 4 atom stereocenters. The molecule has 186 valence electrons. The summed E-state index contributed by atoms with van der Waals surface area (Å²) < 4.78 is 52.2. The Kier molecular flexibility index (Phi) is 6.77. The number of benzene rings is 2. The van der Waals surface area contributed by atoms with Gasteiger partial charge in [0, 0.05) is 21.6 Å². The summed E-state index contributed by atoms with van der Waals surface area (Å²) in [7, 11) is -2.10. The molecular formula is C22H21BrClN3O7S. The van der Waals surface area contributed by atoms with Crippen LogP contribution < -0.4 is 14.8 Å². The van der Waals surface area contributed by atoms with Gasteiger partial charge >= 0.3 is 0 Å². The van der Waals surface area contributed by atoms with E-state index in [0.717, 1.165) is 21.8 Å². The molecule has 2 saturated heterocycles. The van der Waals surface area contributed by atoms with Gasteiger partial charge in [0.25, 0.3) is 10.1 Å². The maximum atomic E-state index is 11.5. The zero-order chi connectivity index (χ0) is 24.7. The third kappa shape index (κ3) is 5.18. The molecular weight excluding hydrogens is 566 g/mol. The molecule has 3 heterocycles. The van der Waals surface area contributed by atoms with Crippen molar-refractivity contribution >= 4 is 60.1 Å². The van der Waals surface area contributed by atoms with Gasteiger partial charge in [0.1, 0.15) is 30.5 Å². The second kappa shape index (κ2) is 9.68. The standard InChI is InChI=1S/C22H21BrClN3O7S/c1-30-16-6-12-15(25-10-26-22(12)27-11-3-4-13(23)14(24)5-11)7-17(16)33-18-8-31-21-19(9-32-20(18)21)34-35(2,28)29/h3-7,10,18-21H,8-9H2,1-2H3,(H,25,26,27)/t18-,19+,20+,21+/m1/s1. The van der Waals surface area contributed by atoms with E-state index in [-0.39, 0.29) is 13.2 Å². The molecule has 1 N–H and O–H groups in total. The van der Waals surface area contributed by atoms with Crippen LogP contribution in [0.2, 0.25) is 5.02 Å². The van der Waals surface area contributed by atoms with Crippen LogP contribution in [0.5, 0.6) is 11.5 Å². The van der Waals surface area contributed by atoms with Crippen LogP contribution >= 0.6 is 27.5 Å². The lowest BCUT2D eigenvalue weighted by molar-refractivity contribution is 0.0194. The van der Waals surface area contributed by atoms with Crippen molar-refractivity contribution < 1.29 is 31.5 Å². The number of nitrogens with zero attached hydrogens (tertiary/aromatic N) is 2. The summed E-state index contributed by atoms with van der Waals surface area (Å²) >= 11 is 9.60. The molecule has 2 aromatic carbocycles. The molecule has 5 rings (SSSR count). The first-order chi connectivity index (χ1) is 16.7. The molecule has 1 aromatic heterocycles. The Bertz CT molecular complexity index is 1380. The maximum absolute atomic E-state index is 11.5. The van der Waals surface area contributed by atoms with Gasteiger partial charge < -0.3 is 24.3 Å². The molecule has 3 aromatic rings. The van der Waals surface area contributed by atoms with E-state index in [4.69, 9.17) is 34.7 Å². The number of anilines is 2. The number of aromatic nitrogens is 2. The highest BCUT2D eigenvalue weighted by Gasteiger charge is 2.50. The molecule has 13 heteroatoms. The van der Waals surface area contributed by atoms with Crippen molar-refractivity contribution in [1.29, 1.82) is 0 Å². The van der Waals surface area contributed by atoms with Crippen LogP contribution in [-0.4, -0.2) is 69.4 Å². The van der Waals surface area contributed by atoms with Crippen molar-refractivity contribution in [3.8, 4) is 11.5 Å². The molecule has 2 aliphatic rings. The number of nitrogens with one attached hydrogen (secondary N) is 1. The fraction of sp³-hybridized carbons (Fsp3) is 0.364. The molecule has 0 unspecified atom stereocenters. The number of halogens is 2. The van der Waals surface area contributed by atoms with Gasteiger partial charge in [0.2, 0.25) is 0 Å². The molecule has 2 fully saturated rings. The predicted octanol–water partition coefficient (Wildman–Crippen LogP) is 3.69. The van der Waals surface area contributed by atoms with Crippen LogP contribution in [0.3, 0.4) is 0 Å². The number of hydrogen-bond acceptors (Lipinski definition) is 10. The largest absolute Gasteiger partial charge is 0.493 e. The average Bonchev–Trinajstić information content (AvgIpc) is 3.38. The van der Waals surface area contributed by atoms with E-state index in [2.05, 4.69) is 31.2 Å². The van der Waals surface area contributed by atoms with E-state index in [1.165, 1.54) is 13.4 Å². The van der Waals surface area contributed by atoms with E-state index in [1.807, 2.05) is 12.1 Å². The highest BCUT2D eigenvalue weighted by Crippen LogP contribution is 2.38. The maximum Gasteiger partial charge on any atom is 0.264 e. The summed E-state index contributed by atoms with van der Waals surface area (Å²) in [6.07, 6.45) is 0.228. The number of hydrogen-bond donors (Lipinski definition) is 1. The summed E-state index contributed by atoms with van der Waals surface area (Å²) in [5.74, 6) is 1.48. The molecule has 0 saturated carbocycles. The van der Waals surface area contributed by atoms with Crippen LogP contribution in [0.1, 0.15) is 0 Å². The van der Waals surface area contributed by atoms with Crippen LogP contribution in [0.4, 0.5) is 11.5 Å². The monoisotopic (exact) mass is 585 g/mol. The van der Waals surface area contributed by atoms with E-state index >= 15 is 0 Å². The zero-order valence-electron chi connectivity index (χ0n) is 18.6. The van der Waals surface area contributed by atoms with Crippen molar-refractivity contribution in [1.82, 2.24) is 9.97 Å². The molecule has 35 heavy (non-hydrogen) atoms. The lowest BCUT2D eigenvalue weighted by atomic mass is 10.1. The van der Waals surface area contributed by atoms with E-state index in [9.17, 15) is 8.42 Å². The molecule has 0 radical (unpaired) electrons. The zero-order valence-corrected chi connectivity index (χ0v) is 21.8. The van der Waals surface area contributed by atoms with Crippen molar-refractivity contribution in [2.75, 3.05) is 31.9 Å². The van der Waals surface area contributed by atoms with Crippen molar-refractivity contribution in [3.05, 3.63) is 46.2 Å². The SMILES string of the molecule is COc1cc2c(Nc3ccc(Br)c(Cl)c3)ncnc2cc1O[C@@H]1CO[C@@H]2[C@H]1OC[C@@H]2OS(C)(=O)=O. The molecule has 2 aliphatic heterocycles. The highest BCUT2D eigenvalue weighted by molar-refractivity contribution is 9.10. The summed E-state index contributed by atoms with van der Waals surface area (Å²) in [5, 5.41) is 4.54. The van der Waals surface area contributed by atoms with Crippen molar-refractivity contribution in [2.45, 2.75) is 24.4 Å². The fourth-order valence-corrected chi connectivity index (χ4v) is 5.17. The molecule has 0 amide bonds. The van der Waals surface area contributed by atoms with E-state index in [1.54, 1.807) is 18.2 Å². The Morgan fingerprint density at radius 3 is 2.54 bits per heavy atom. The lowest BCUT2D eigenvalue weighted by Crippen LogP contribution is -2.36. The molecule has 0 spiro atoms. The third-order valence-electron chi connectivity index (χ3n) is 5.64. The summed E-state index contributed by atoms with van der Waals surface area (Å²) in [4.78, 5) is 8.74. The first-order valence-corrected chi connectivity index (χ1v) is 13.5. The van der Waals surface area contributed by atoms with Crippen LogP contribution in [0.25, 0.3) is 10.9 Å². The van der Waals surface area contributed by atoms with Gasteiger partial charge in [-0.25, -0.2) is 9.97 Å². The second-order valence-corrected chi connectivity index (χ2v) is 10.9. The van der Waals surface area contributed by atoms with Gasteiger partial charge in [-0.1, -0.05) is 11.6 Å². The quantitative estimate of drug-likeness (QED) is 0.411. The van der Waals surface area contributed by atoms with Gasteiger partial charge in [0.05, 0.1) is 37.1 Å². The van der Waals surface area contributed by atoms with Gasteiger partial charge in [-0.15, -0.1) is 0 Å². The predicted molar refractivity (Wildman–Crippen MR) is 132 cm³/mol.